The van der Waals surface area contributed by atoms with Gasteiger partial charge in [0.2, 0.25) is 5.91 Å². The minimum atomic E-state index is -0.418. The van der Waals surface area contributed by atoms with Crippen LogP contribution in [-0.2, 0) is 4.79 Å². The van der Waals surface area contributed by atoms with Gasteiger partial charge in [-0.05, 0) is 37.5 Å². The molecule has 0 atom stereocenters. The van der Waals surface area contributed by atoms with E-state index in [1.807, 2.05) is 21.9 Å². The first-order valence-electron chi connectivity index (χ1n) is 11.8. The fourth-order valence-electron chi connectivity index (χ4n) is 4.79. The lowest BCUT2D eigenvalue weighted by Gasteiger charge is -2.38. The summed E-state index contributed by atoms with van der Waals surface area (Å²) >= 11 is 0. The third kappa shape index (κ3) is 5.13. The van der Waals surface area contributed by atoms with E-state index in [0.29, 0.717) is 63.4 Å². The van der Waals surface area contributed by atoms with E-state index in [9.17, 15) is 19.7 Å². The number of para-hydroxylation sites is 2. The second kappa shape index (κ2) is 10.5. The van der Waals surface area contributed by atoms with Crippen molar-refractivity contribution in [1.29, 1.82) is 0 Å². The van der Waals surface area contributed by atoms with Gasteiger partial charge in [-0.3, -0.25) is 19.7 Å². The molecule has 2 heterocycles. The molecule has 0 unspecified atom stereocenters. The molecule has 0 saturated carbocycles. The quantitative estimate of drug-likeness (QED) is 0.366. The zero-order chi connectivity index (χ0) is 24.1. The molecule has 9 nitrogen and oxygen atoms in total. The van der Waals surface area contributed by atoms with Crippen LogP contribution in [-0.4, -0.2) is 67.5 Å². The van der Waals surface area contributed by atoms with E-state index in [1.165, 1.54) is 17.3 Å². The molecule has 2 saturated heterocycles. The number of nitro groups is 1. The van der Waals surface area contributed by atoms with Crippen LogP contribution in [0.15, 0.2) is 42.5 Å². The summed E-state index contributed by atoms with van der Waals surface area (Å²) in [5, 5.41) is 14.7. The molecule has 2 aromatic rings. The molecule has 180 valence electrons. The first-order valence-corrected chi connectivity index (χ1v) is 11.8. The number of piperazine rings is 1. The average molecular weight is 466 g/mol. The standard InChI is InChI=1S/C25H31N5O4/c1-19-7-2-3-9-21(19)27-15-17-29(18-16-27)24-20(8-4-10-22(24)30(33)34)25(32)26-12-6-14-28-13-5-11-23(28)31/h2-4,7-10H,5-6,11-18H2,1H3,(H,26,32). The summed E-state index contributed by atoms with van der Waals surface area (Å²) in [6, 6.07) is 12.8. The fraction of sp³-hybridized carbons (Fsp3) is 0.440. The highest BCUT2D eigenvalue weighted by atomic mass is 16.6. The van der Waals surface area contributed by atoms with Crippen LogP contribution in [0.5, 0.6) is 0 Å². The predicted molar refractivity (Wildman–Crippen MR) is 131 cm³/mol. The molecule has 0 bridgehead atoms. The number of carbonyl (C=O) groups is 2. The van der Waals surface area contributed by atoms with Crippen molar-refractivity contribution >= 4 is 28.9 Å². The summed E-state index contributed by atoms with van der Waals surface area (Å²) < 4.78 is 0. The summed E-state index contributed by atoms with van der Waals surface area (Å²) in [6.45, 7) is 6.45. The molecule has 0 aliphatic carbocycles. The SMILES string of the molecule is Cc1ccccc1N1CCN(c2c(C(=O)NCCCN3CCCC3=O)cccc2[N+](=O)[O-])CC1. The van der Waals surface area contributed by atoms with Crippen molar-refractivity contribution in [2.45, 2.75) is 26.2 Å². The van der Waals surface area contributed by atoms with Gasteiger partial charge in [0.05, 0.1) is 10.5 Å². The number of rotatable bonds is 8. The zero-order valence-electron chi connectivity index (χ0n) is 19.5. The number of amides is 2. The number of likely N-dealkylation sites (tertiary alicyclic amines) is 1. The largest absolute Gasteiger partial charge is 0.368 e. The summed E-state index contributed by atoms with van der Waals surface area (Å²) in [6.07, 6.45) is 2.14. The first-order chi connectivity index (χ1) is 16.5. The maximum atomic E-state index is 13.0. The molecule has 34 heavy (non-hydrogen) atoms. The number of carbonyl (C=O) groups excluding carboxylic acids is 2. The predicted octanol–water partition coefficient (Wildman–Crippen LogP) is 2.97. The van der Waals surface area contributed by atoms with Crippen molar-refractivity contribution in [1.82, 2.24) is 10.2 Å². The zero-order valence-corrected chi connectivity index (χ0v) is 19.5. The lowest BCUT2D eigenvalue weighted by atomic mass is 10.1. The smallest absolute Gasteiger partial charge is 0.293 e. The van der Waals surface area contributed by atoms with Gasteiger partial charge in [-0.1, -0.05) is 24.3 Å². The van der Waals surface area contributed by atoms with Crippen LogP contribution < -0.4 is 15.1 Å². The molecular weight excluding hydrogens is 434 g/mol. The summed E-state index contributed by atoms with van der Waals surface area (Å²) in [5.74, 6) is -0.162. The van der Waals surface area contributed by atoms with E-state index in [4.69, 9.17) is 0 Å². The number of aryl methyl sites for hydroxylation is 1. The molecule has 1 N–H and O–H groups in total. The van der Waals surface area contributed by atoms with E-state index in [1.54, 1.807) is 12.1 Å². The number of hydrogen-bond donors (Lipinski definition) is 1. The lowest BCUT2D eigenvalue weighted by molar-refractivity contribution is -0.384. The van der Waals surface area contributed by atoms with Gasteiger partial charge in [0.25, 0.3) is 11.6 Å². The number of anilines is 2. The summed E-state index contributed by atoms with van der Waals surface area (Å²) in [4.78, 5) is 42.2. The Balaban J connectivity index is 1.44. The molecule has 2 aliphatic heterocycles. The van der Waals surface area contributed by atoms with E-state index in [-0.39, 0.29) is 17.5 Å². The van der Waals surface area contributed by atoms with Crippen molar-refractivity contribution in [3.8, 4) is 0 Å². The number of hydrogen-bond acceptors (Lipinski definition) is 6. The summed E-state index contributed by atoms with van der Waals surface area (Å²) in [7, 11) is 0. The van der Waals surface area contributed by atoms with Gasteiger partial charge in [0.1, 0.15) is 5.69 Å². The molecule has 2 fully saturated rings. The van der Waals surface area contributed by atoms with Crippen LogP contribution in [0.4, 0.5) is 17.1 Å². The van der Waals surface area contributed by atoms with Crippen LogP contribution in [0.1, 0.15) is 35.2 Å². The van der Waals surface area contributed by atoms with E-state index < -0.39 is 4.92 Å². The van der Waals surface area contributed by atoms with Gasteiger partial charge in [0.15, 0.2) is 0 Å². The third-order valence-corrected chi connectivity index (χ3v) is 6.57. The molecular formula is C25H31N5O4. The van der Waals surface area contributed by atoms with Crippen molar-refractivity contribution in [3.63, 3.8) is 0 Å². The second-order valence-electron chi connectivity index (χ2n) is 8.78. The van der Waals surface area contributed by atoms with E-state index >= 15 is 0 Å². The summed E-state index contributed by atoms with van der Waals surface area (Å²) in [5.41, 5.74) is 3.00. The Hall–Kier alpha value is -3.62. The van der Waals surface area contributed by atoms with Gasteiger partial charge in [-0.2, -0.15) is 0 Å². The third-order valence-electron chi connectivity index (χ3n) is 6.57. The molecule has 2 amide bonds. The van der Waals surface area contributed by atoms with Crippen LogP contribution in [0, 0.1) is 17.0 Å². The molecule has 2 aromatic carbocycles. The highest BCUT2D eigenvalue weighted by Gasteiger charge is 2.29. The Kier molecular flexibility index (Phi) is 7.30. The molecule has 0 aromatic heterocycles. The minimum Gasteiger partial charge on any atom is -0.368 e. The number of nitro benzene ring substituents is 1. The lowest BCUT2D eigenvalue weighted by Crippen LogP contribution is -2.47. The van der Waals surface area contributed by atoms with Crippen LogP contribution in [0.25, 0.3) is 0 Å². The Bertz CT molecular complexity index is 1070. The van der Waals surface area contributed by atoms with Crippen molar-refractivity contribution < 1.29 is 14.5 Å². The number of nitrogens with one attached hydrogen (secondary N) is 1. The molecule has 0 spiro atoms. The van der Waals surface area contributed by atoms with Crippen molar-refractivity contribution in [3.05, 3.63) is 63.7 Å². The fourth-order valence-corrected chi connectivity index (χ4v) is 4.79. The molecule has 9 heteroatoms. The monoisotopic (exact) mass is 465 g/mol. The Morgan fingerprint density at radius 2 is 1.76 bits per heavy atom. The van der Waals surface area contributed by atoms with Crippen LogP contribution in [0.2, 0.25) is 0 Å². The maximum absolute atomic E-state index is 13.0. The van der Waals surface area contributed by atoms with Gasteiger partial charge >= 0.3 is 0 Å². The Morgan fingerprint density at radius 3 is 2.44 bits per heavy atom. The van der Waals surface area contributed by atoms with Crippen molar-refractivity contribution in [2.75, 3.05) is 55.6 Å². The normalized spacial score (nSPS) is 16.1. The van der Waals surface area contributed by atoms with E-state index in [0.717, 1.165) is 13.0 Å². The molecule has 0 radical (unpaired) electrons. The van der Waals surface area contributed by atoms with Gasteiger partial charge in [-0.25, -0.2) is 0 Å². The average Bonchev–Trinajstić information content (AvgIpc) is 3.26. The second-order valence-corrected chi connectivity index (χ2v) is 8.78. The van der Waals surface area contributed by atoms with Crippen LogP contribution >= 0.6 is 0 Å². The minimum absolute atomic E-state index is 0.0559. The Labute approximate surface area is 199 Å². The highest BCUT2D eigenvalue weighted by Crippen LogP contribution is 2.33. The molecule has 4 rings (SSSR count). The molecule has 2 aliphatic rings. The van der Waals surface area contributed by atoms with E-state index in [2.05, 4.69) is 29.3 Å². The Morgan fingerprint density at radius 1 is 1.03 bits per heavy atom. The number of benzene rings is 2. The van der Waals surface area contributed by atoms with Gasteiger partial charge in [0, 0.05) is 64.0 Å². The first kappa shape index (κ1) is 23.5. The van der Waals surface area contributed by atoms with Gasteiger partial charge < -0.3 is 20.0 Å². The van der Waals surface area contributed by atoms with Crippen LogP contribution in [0.3, 0.4) is 0 Å². The maximum Gasteiger partial charge on any atom is 0.293 e. The highest BCUT2D eigenvalue weighted by molar-refractivity contribution is 6.02. The topological polar surface area (TPSA) is 99.0 Å². The number of nitrogens with zero attached hydrogens (tertiary/aromatic N) is 4. The van der Waals surface area contributed by atoms with Gasteiger partial charge in [-0.15, -0.1) is 0 Å². The van der Waals surface area contributed by atoms with Crippen molar-refractivity contribution in [2.24, 2.45) is 0 Å².